The summed E-state index contributed by atoms with van der Waals surface area (Å²) < 4.78 is 31.2. The van der Waals surface area contributed by atoms with Crippen molar-refractivity contribution in [1.29, 1.82) is 0 Å². The van der Waals surface area contributed by atoms with Crippen molar-refractivity contribution in [2.45, 2.75) is 82.8 Å². The molecule has 142 valence electrons. The van der Waals surface area contributed by atoms with E-state index in [1.54, 1.807) is 0 Å². The van der Waals surface area contributed by atoms with Crippen LogP contribution in [0.25, 0.3) is 0 Å². The molecular weight excluding hydrogens is 359 g/mol. The summed E-state index contributed by atoms with van der Waals surface area (Å²) in [4.78, 5) is 22.1. The second kappa shape index (κ2) is 15.0. The molecule has 0 saturated carbocycles. The van der Waals surface area contributed by atoms with Gasteiger partial charge in [0.2, 0.25) is 0 Å². The Labute approximate surface area is 172 Å². The Morgan fingerprint density at radius 1 is 0.800 bits per heavy atom. The standard InChI is InChI=1S/C16H30O7S.Na/c1-2-3-4-5-6-7-8-9-10-11-12-13(15(17)18)14(16(19)20)24(21,22)23;/h13-14H,2-12H2,1H3,(H,17,18)(H,19,20)(H,21,22,23);/q;+1. The van der Waals surface area contributed by atoms with E-state index in [1.165, 1.54) is 32.1 Å². The van der Waals surface area contributed by atoms with Crippen LogP contribution in [0.15, 0.2) is 0 Å². The smallest absolute Gasteiger partial charge is 0.481 e. The van der Waals surface area contributed by atoms with Crippen LogP contribution in [0.1, 0.15) is 77.6 Å². The molecule has 0 aliphatic rings. The van der Waals surface area contributed by atoms with Crippen LogP contribution in [-0.4, -0.2) is 40.4 Å². The summed E-state index contributed by atoms with van der Waals surface area (Å²) in [6.07, 6.45) is 10.3. The molecular formula is C16H30NaO7S+. The summed E-state index contributed by atoms with van der Waals surface area (Å²) in [5.41, 5.74) is 0. The number of carbonyl (C=O) groups is 2. The molecule has 0 amide bonds. The zero-order chi connectivity index (χ0) is 18.6. The SMILES string of the molecule is CCCCCCCCCCCCC(C(=O)O)C(C(=O)O)S(=O)(=O)O.[Na+]. The summed E-state index contributed by atoms with van der Waals surface area (Å²) in [6, 6.07) is 0. The molecule has 0 aromatic rings. The van der Waals surface area contributed by atoms with E-state index in [1.807, 2.05) is 0 Å². The van der Waals surface area contributed by atoms with Gasteiger partial charge in [-0.25, -0.2) is 0 Å². The molecule has 0 saturated heterocycles. The summed E-state index contributed by atoms with van der Waals surface area (Å²) in [7, 11) is -4.95. The average Bonchev–Trinajstić information content (AvgIpc) is 2.45. The fourth-order valence-electron chi connectivity index (χ4n) is 2.76. The summed E-state index contributed by atoms with van der Waals surface area (Å²) in [6.45, 7) is 2.17. The van der Waals surface area contributed by atoms with Crippen molar-refractivity contribution in [3.05, 3.63) is 0 Å². The molecule has 0 bridgehead atoms. The van der Waals surface area contributed by atoms with Crippen molar-refractivity contribution in [2.24, 2.45) is 5.92 Å². The minimum Gasteiger partial charge on any atom is -0.481 e. The fourth-order valence-corrected chi connectivity index (χ4v) is 3.69. The molecule has 0 aliphatic carbocycles. The van der Waals surface area contributed by atoms with E-state index in [9.17, 15) is 18.0 Å². The molecule has 0 spiro atoms. The Balaban J connectivity index is 0. The van der Waals surface area contributed by atoms with E-state index in [0.717, 1.165) is 25.7 Å². The molecule has 0 aliphatic heterocycles. The van der Waals surface area contributed by atoms with Gasteiger partial charge < -0.3 is 10.2 Å². The van der Waals surface area contributed by atoms with Crippen molar-refractivity contribution in [3.8, 4) is 0 Å². The third kappa shape index (κ3) is 12.8. The Hall–Kier alpha value is -0.150. The zero-order valence-corrected chi connectivity index (χ0v) is 18.1. The number of rotatable bonds is 15. The zero-order valence-electron chi connectivity index (χ0n) is 15.3. The van der Waals surface area contributed by atoms with Crippen LogP contribution in [-0.2, 0) is 19.7 Å². The van der Waals surface area contributed by atoms with E-state index >= 15 is 0 Å². The van der Waals surface area contributed by atoms with Crippen molar-refractivity contribution in [3.63, 3.8) is 0 Å². The molecule has 0 radical (unpaired) electrons. The minimum atomic E-state index is -4.95. The van der Waals surface area contributed by atoms with Gasteiger partial charge in [-0.2, -0.15) is 8.42 Å². The summed E-state index contributed by atoms with van der Waals surface area (Å²) in [5.74, 6) is -4.99. The summed E-state index contributed by atoms with van der Waals surface area (Å²) >= 11 is 0. The van der Waals surface area contributed by atoms with E-state index in [4.69, 9.17) is 14.8 Å². The van der Waals surface area contributed by atoms with Gasteiger partial charge in [0.15, 0.2) is 5.25 Å². The molecule has 0 heterocycles. The van der Waals surface area contributed by atoms with Gasteiger partial charge in [0.05, 0.1) is 5.92 Å². The number of carboxylic acid groups (broad SMARTS) is 2. The molecule has 3 N–H and O–H groups in total. The first-order valence-corrected chi connectivity index (χ1v) is 10.1. The van der Waals surface area contributed by atoms with Crippen LogP contribution < -0.4 is 29.6 Å². The van der Waals surface area contributed by atoms with Crippen LogP contribution in [0.4, 0.5) is 0 Å². The predicted molar refractivity (Wildman–Crippen MR) is 90.6 cm³/mol. The van der Waals surface area contributed by atoms with Gasteiger partial charge in [0.25, 0.3) is 10.1 Å². The normalized spacial score (nSPS) is 13.7. The Morgan fingerprint density at radius 3 is 1.52 bits per heavy atom. The topological polar surface area (TPSA) is 129 Å². The fraction of sp³-hybridized carbons (Fsp3) is 0.875. The second-order valence-electron chi connectivity index (χ2n) is 6.19. The first-order valence-electron chi connectivity index (χ1n) is 8.63. The van der Waals surface area contributed by atoms with E-state index in [0.29, 0.717) is 6.42 Å². The van der Waals surface area contributed by atoms with Gasteiger partial charge in [0.1, 0.15) is 0 Å². The van der Waals surface area contributed by atoms with Gasteiger partial charge >= 0.3 is 41.5 Å². The van der Waals surface area contributed by atoms with E-state index < -0.39 is 33.2 Å². The molecule has 7 nitrogen and oxygen atoms in total. The second-order valence-corrected chi connectivity index (χ2v) is 7.73. The van der Waals surface area contributed by atoms with Crippen molar-refractivity contribution < 1.29 is 62.3 Å². The molecule has 0 aromatic carbocycles. The predicted octanol–water partition coefficient (Wildman–Crippen LogP) is 0.343. The van der Waals surface area contributed by atoms with Gasteiger partial charge in [-0.15, -0.1) is 0 Å². The van der Waals surface area contributed by atoms with Crippen LogP contribution in [0.5, 0.6) is 0 Å². The third-order valence-electron chi connectivity index (χ3n) is 4.12. The molecule has 0 fully saturated rings. The first kappa shape index (κ1) is 27.1. The molecule has 2 unspecified atom stereocenters. The maximum atomic E-state index is 11.1. The Morgan fingerprint density at radius 2 is 1.20 bits per heavy atom. The van der Waals surface area contributed by atoms with Crippen LogP contribution in [0, 0.1) is 5.92 Å². The van der Waals surface area contributed by atoms with Crippen LogP contribution in [0.2, 0.25) is 0 Å². The van der Waals surface area contributed by atoms with Crippen molar-refractivity contribution in [2.75, 3.05) is 0 Å². The van der Waals surface area contributed by atoms with Crippen LogP contribution >= 0.6 is 0 Å². The van der Waals surface area contributed by atoms with E-state index in [2.05, 4.69) is 6.92 Å². The van der Waals surface area contributed by atoms with Crippen LogP contribution in [0.3, 0.4) is 0 Å². The average molecular weight is 389 g/mol. The van der Waals surface area contributed by atoms with Crippen molar-refractivity contribution in [1.82, 2.24) is 0 Å². The molecule has 0 aromatic heterocycles. The first-order chi connectivity index (χ1) is 11.2. The Kier molecular flexibility index (Phi) is 16.2. The van der Waals surface area contributed by atoms with Gasteiger partial charge in [0, 0.05) is 0 Å². The van der Waals surface area contributed by atoms with E-state index in [-0.39, 0.29) is 36.0 Å². The monoisotopic (exact) mass is 389 g/mol. The number of aliphatic carboxylic acids is 2. The molecule has 9 heteroatoms. The van der Waals surface area contributed by atoms with Gasteiger partial charge in [-0.3, -0.25) is 14.1 Å². The van der Waals surface area contributed by atoms with Crippen molar-refractivity contribution >= 4 is 22.1 Å². The van der Waals surface area contributed by atoms with Gasteiger partial charge in [-0.05, 0) is 6.42 Å². The minimum absolute atomic E-state index is 0. The maximum absolute atomic E-state index is 11.1. The molecule has 0 rings (SSSR count). The number of hydrogen-bond donors (Lipinski definition) is 3. The number of hydrogen-bond acceptors (Lipinski definition) is 4. The Bertz CT molecular complexity index is 479. The maximum Gasteiger partial charge on any atom is 1.00 e. The quantitative estimate of drug-likeness (QED) is 0.209. The summed E-state index contributed by atoms with van der Waals surface area (Å²) in [5, 5.41) is 15.6. The molecule has 2 atom stereocenters. The largest absolute Gasteiger partial charge is 1.00 e. The third-order valence-corrected chi connectivity index (χ3v) is 5.29. The van der Waals surface area contributed by atoms with Gasteiger partial charge in [-0.1, -0.05) is 71.1 Å². The number of carboxylic acids is 2. The molecule has 25 heavy (non-hydrogen) atoms. The number of unbranched alkanes of at least 4 members (excludes halogenated alkanes) is 9.